The average Bonchev–Trinajstić information content (AvgIpc) is 2.53. The Morgan fingerprint density at radius 2 is 1.75 bits per heavy atom. The normalized spacial score (nSPS) is 11.5. The predicted octanol–water partition coefficient (Wildman–Crippen LogP) is 3.76. The van der Waals surface area contributed by atoms with Gasteiger partial charge in [-0.2, -0.15) is 0 Å². The van der Waals surface area contributed by atoms with Crippen LogP contribution in [0, 0.1) is 0 Å². The van der Waals surface area contributed by atoms with E-state index in [4.69, 9.17) is 11.6 Å². The van der Waals surface area contributed by atoms with E-state index in [1.165, 1.54) is 12.3 Å². The first-order chi connectivity index (χ1) is 11.4. The number of anilines is 2. The molecule has 1 aromatic heterocycles. The van der Waals surface area contributed by atoms with Crippen molar-refractivity contribution in [1.82, 2.24) is 4.98 Å². The highest BCUT2D eigenvalue weighted by molar-refractivity contribution is 7.93. The second-order valence-electron chi connectivity index (χ2n) is 5.49. The summed E-state index contributed by atoms with van der Waals surface area (Å²) >= 11 is 5.89. The second-order valence-corrected chi connectivity index (χ2v) is 7.57. The fourth-order valence-electron chi connectivity index (χ4n) is 2.54. The Bertz CT molecular complexity index is 1000. The van der Waals surface area contributed by atoms with Gasteiger partial charge in [0.15, 0.2) is 0 Å². The zero-order valence-corrected chi connectivity index (χ0v) is 14.8. The number of nitrogens with zero attached hydrogens (tertiary/aromatic N) is 2. The molecule has 3 aromatic rings. The molecule has 24 heavy (non-hydrogen) atoms. The van der Waals surface area contributed by atoms with E-state index in [1.54, 1.807) is 24.3 Å². The maximum absolute atomic E-state index is 12.8. The van der Waals surface area contributed by atoms with E-state index in [0.29, 0.717) is 10.4 Å². The standard InChI is InChI=1S/C17H16ClN3O2S/c1-21(2)15-7-3-6-14-13(15)5-4-8-16(14)24(22,23)20-17-11-12(18)9-10-19-17/h3-11H,1-2H3,(H,19,20). The lowest BCUT2D eigenvalue weighted by molar-refractivity contribution is 0.602. The molecule has 5 nitrogen and oxygen atoms in total. The summed E-state index contributed by atoms with van der Waals surface area (Å²) in [6.45, 7) is 0. The number of halogens is 1. The Kier molecular flexibility index (Phi) is 4.34. The number of nitrogens with one attached hydrogen (secondary N) is 1. The minimum atomic E-state index is -3.79. The Morgan fingerprint density at radius 3 is 2.46 bits per heavy atom. The Balaban J connectivity index is 2.13. The van der Waals surface area contributed by atoms with E-state index in [9.17, 15) is 8.42 Å². The number of benzene rings is 2. The molecule has 7 heteroatoms. The smallest absolute Gasteiger partial charge is 0.263 e. The van der Waals surface area contributed by atoms with Crippen LogP contribution in [-0.4, -0.2) is 27.5 Å². The largest absolute Gasteiger partial charge is 0.377 e. The van der Waals surface area contributed by atoms with Crippen LogP contribution in [0.2, 0.25) is 5.02 Å². The van der Waals surface area contributed by atoms with Gasteiger partial charge >= 0.3 is 0 Å². The van der Waals surface area contributed by atoms with Crippen LogP contribution in [0.3, 0.4) is 0 Å². The van der Waals surface area contributed by atoms with Crippen LogP contribution in [0.4, 0.5) is 11.5 Å². The number of aromatic nitrogens is 1. The molecule has 124 valence electrons. The molecule has 0 radical (unpaired) electrons. The highest BCUT2D eigenvalue weighted by atomic mass is 35.5. The molecule has 0 amide bonds. The van der Waals surface area contributed by atoms with Crippen molar-refractivity contribution in [2.45, 2.75) is 4.90 Å². The SMILES string of the molecule is CN(C)c1cccc2c(S(=O)(=O)Nc3cc(Cl)ccn3)cccc12. The van der Waals surface area contributed by atoms with Crippen molar-refractivity contribution in [2.24, 2.45) is 0 Å². The van der Waals surface area contributed by atoms with Gasteiger partial charge in [-0.1, -0.05) is 35.9 Å². The zero-order valence-electron chi connectivity index (χ0n) is 13.2. The molecule has 0 fully saturated rings. The Morgan fingerprint density at radius 1 is 1.04 bits per heavy atom. The minimum absolute atomic E-state index is 0.184. The van der Waals surface area contributed by atoms with Crippen LogP contribution >= 0.6 is 11.6 Å². The molecule has 1 heterocycles. The topological polar surface area (TPSA) is 62.3 Å². The van der Waals surface area contributed by atoms with Gasteiger partial charge in [-0.25, -0.2) is 13.4 Å². The fraction of sp³-hybridized carbons (Fsp3) is 0.118. The lowest BCUT2D eigenvalue weighted by Crippen LogP contribution is -2.15. The molecule has 0 bridgehead atoms. The van der Waals surface area contributed by atoms with Gasteiger partial charge in [-0.3, -0.25) is 4.72 Å². The van der Waals surface area contributed by atoms with Crippen LogP contribution in [0.1, 0.15) is 0 Å². The summed E-state index contributed by atoms with van der Waals surface area (Å²) in [5.41, 5.74) is 0.949. The molecule has 0 saturated heterocycles. The summed E-state index contributed by atoms with van der Waals surface area (Å²) in [4.78, 5) is 6.14. The van der Waals surface area contributed by atoms with E-state index >= 15 is 0 Å². The lowest BCUT2D eigenvalue weighted by Gasteiger charge is -2.17. The third-order valence-electron chi connectivity index (χ3n) is 3.59. The van der Waals surface area contributed by atoms with Gasteiger partial charge < -0.3 is 4.90 Å². The summed E-state index contributed by atoms with van der Waals surface area (Å²) in [5, 5.41) is 1.93. The predicted molar refractivity (Wildman–Crippen MR) is 98.3 cm³/mol. The lowest BCUT2D eigenvalue weighted by atomic mass is 10.1. The number of rotatable bonds is 4. The van der Waals surface area contributed by atoms with Crippen molar-refractivity contribution in [2.75, 3.05) is 23.7 Å². The van der Waals surface area contributed by atoms with Crippen molar-refractivity contribution in [1.29, 1.82) is 0 Å². The second kappa shape index (κ2) is 6.30. The van der Waals surface area contributed by atoms with E-state index in [1.807, 2.05) is 37.2 Å². The van der Waals surface area contributed by atoms with Crippen LogP contribution in [0.5, 0.6) is 0 Å². The van der Waals surface area contributed by atoms with Crippen molar-refractivity contribution in [3.63, 3.8) is 0 Å². The molecule has 0 aliphatic rings. The molecule has 2 aromatic carbocycles. The number of hydrogen-bond acceptors (Lipinski definition) is 4. The average molecular weight is 362 g/mol. The Hall–Kier alpha value is -2.31. The van der Waals surface area contributed by atoms with Crippen molar-refractivity contribution >= 4 is 43.9 Å². The summed E-state index contributed by atoms with van der Waals surface area (Å²) in [5.74, 6) is 0.184. The van der Waals surface area contributed by atoms with Crippen molar-refractivity contribution in [3.05, 3.63) is 59.8 Å². The first-order valence-electron chi connectivity index (χ1n) is 7.22. The van der Waals surface area contributed by atoms with Crippen molar-refractivity contribution < 1.29 is 8.42 Å². The third kappa shape index (κ3) is 3.16. The molecule has 3 rings (SSSR count). The minimum Gasteiger partial charge on any atom is -0.377 e. The van der Waals surface area contributed by atoms with Crippen LogP contribution in [0.15, 0.2) is 59.6 Å². The summed E-state index contributed by atoms with van der Waals surface area (Å²) in [7, 11) is 0.0526. The first-order valence-corrected chi connectivity index (χ1v) is 9.08. The molecule has 1 N–H and O–H groups in total. The molecular weight excluding hydrogens is 346 g/mol. The highest BCUT2D eigenvalue weighted by Crippen LogP contribution is 2.31. The molecule has 0 aliphatic heterocycles. The van der Waals surface area contributed by atoms with Gasteiger partial charge in [-0.15, -0.1) is 0 Å². The first kappa shape index (κ1) is 16.5. The van der Waals surface area contributed by atoms with Gasteiger partial charge in [0.25, 0.3) is 10.0 Å². The summed E-state index contributed by atoms with van der Waals surface area (Å²) in [6.07, 6.45) is 1.45. The maximum Gasteiger partial charge on any atom is 0.263 e. The van der Waals surface area contributed by atoms with Gasteiger partial charge in [0.2, 0.25) is 0 Å². The Labute approximate surface area is 145 Å². The van der Waals surface area contributed by atoms with Gasteiger partial charge in [-0.05, 0) is 18.2 Å². The number of fused-ring (bicyclic) bond motifs is 1. The van der Waals surface area contributed by atoms with Crippen LogP contribution < -0.4 is 9.62 Å². The van der Waals surface area contributed by atoms with Crippen LogP contribution in [0.25, 0.3) is 10.8 Å². The number of pyridine rings is 1. The van der Waals surface area contributed by atoms with E-state index in [2.05, 4.69) is 9.71 Å². The summed E-state index contributed by atoms with van der Waals surface area (Å²) in [6, 6.07) is 13.8. The zero-order chi connectivity index (χ0) is 17.3. The van der Waals surface area contributed by atoms with E-state index in [0.717, 1.165) is 11.1 Å². The molecule has 0 atom stereocenters. The maximum atomic E-state index is 12.8. The molecule has 0 saturated carbocycles. The molecule has 0 spiro atoms. The highest BCUT2D eigenvalue weighted by Gasteiger charge is 2.19. The van der Waals surface area contributed by atoms with Gasteiger partial charge in [0.05, 0.1) is 4.90 Å². The number of sulfonamides is 1. The molecular formula is C17H16ClN3O2S. The molecule has 0 unspecified atom stereocenters. The third-order valence-corrected chi connectivity index (χ3v) is 5.24. The summed E-state index contributed by atoms with van der Waals surface area (Å²) < 4.78 is 28.1. The quantitative estimate of drug-likeness (QED) is 0.768. The van der Waals surface area contributed by atoms with Crippen LogP contribution in [-0.2, 0) is 10.0 Å². The van der Waals surface area contributed by atoms with Crippen molar-refractivity contribution in [3.8, 4) is 0 Å². The van der Waals surface area contributed by atoms with Gasteiger partial charge in [0, 0.05) is 47.8 Å². The van der Waals surface area contributed by atoms with E-state index in [-0.39, 0.29) is 10.7 Å². The van der Waals surface area contributed by atoms with Gasteiger partial charge in [0.1, 0.15) is 5.82 Å². The molecule has 0 aliphatic carbocycles. The number of hydrogen-bond donors (Lipinski definition) is 1. The fourth-order valence-corrected chi connectivity index (χ4v) is 3.92. The van der Waals surface area contributed by atoms with E-state index < -0.39 is 10.0 Å². The monoisotopic (exact) mass is 361 g/mol.